The molecule has 0 saturated carbocycles. The number of anilines is 1. The first-order valence-electron chi connectivity index (χ1n) is 9.85. The molecule has 0 aliphatic carbocycles. The molecule has 1 heterocycles. The van der Waals surface area contributed by atoms with E-state index in [9.17, 15) is 9.18 Å². The number of carbonyl (C=O) groups excluding carboxylic acids is 1. The molecule has 1 aliphatic heterocycles. The first-order valence-corrected chi connectivity index (χ1v) is 9.85. The summed E-state index contributed by atoms with van der Waals surface area (Å²) in [7, 11) is 1.64. The van der Waals surface area contributed by atoms with Crippen molar-refractivity contribution in [3.05, 3.63) is 54.3 Å². The van der Waals surface area contributed by atoms with Gasteiger partial charge in [-0.15, -0.1) is 0 Å². The third-order valence-corrected chi connectivity index (χ3v) is 5.18. The van der Waals surface area contributed by atoms with Crippen LogP contribution in [0.3, 0.4) is 0 Å². The van der Waals surface area contributed by atoms with Crippen LogP contribution in [0.15, 0.2) is 48.5 Å². The lowest BCUT2D eigenvalue weighted by atomic mass is 10.2. The fourth-order valence-corrected chi connectivity index (χ4v) is 3.28. The Labute approximate surface area is 171 Å². The van der Waals surface area contributed by atoms with Crippen LogP contribution >= 0.6 is 0 Å². The summed E-state index contributed by atoms with van der Waals surface area (Å²) in [5.74, 6) is 1.25. The highest BCUT2D eigenvalue weighted by Crippen LogP contribution is 2.17. The summed E-state index contributed by atoms with van der Waals surface area (Å²) in [4.78, 5) is 17.0. The molecule has 0 bridgehead atoms. The van der Waals surface area contributed by atoms with Crippen LogP contribution in [-0.2, 0) is 4.79 Å². The maximum Gasteiger partial charge on any atom is 0.241 e. The van der Waals surface area contributed by atoms with Gasteiger partial charge in [0.2, 0.25) is 5.91 Å². The number of methoxy groups -OCH3 is 1. The SMILES string of the molecule is COc1ccc(OCCN2CCN([C@H](C)C(=O)Nc3ccc(F)cc3)CC2)cc1. The van der Waals surface area contributed by atoms with Crippen LogP contribution in [0, 0.1) is 5.82 Å². The van der Waals surface area contributed by atoms with Crippen molar-refractivity contribution < 1.29 is 18.7 Å². The van der Waals surface area contributed by atoms with Gasteiger partial charge in [0.1, 0.15) is 23.9 Å². The second kappa shape index (κ2) is 10.2. The molecule has 6 nitrogen and oxygen atoms in total. The van der Waals surface area contributed by atoms with Gasteiger partial charge in [-0.05, 0) is 55.5 Å². The zero-order valence-electron chi connectivity index (χ0n) is 16.9. The average molecular weight is 401 g/mol. The normalized spacial score (nSPS) is 16.2. The number of halogens is 1. The van der Waals surface area contributed by atoms with Crippen molar-refractivity contribution in [1.82, 2.24) is 9.80 Å². The number of carbonyl (C=O) groups is 1. The van der Waals surface area contributed by atoms with E-state index in [-0.39, 0.29) is 17.8 Å². The van der Waals surface area contributed by atoms with Crippen LogP contribution in [0.25, 0.3) is 0 Å². The topological polar surface area (TPSA) is 54.0 Å². The molecule has 0 radical (unpaired) electrons. The van der Waals surface area contributed by atoms with Crippen LogP contribution in [0.2, 0.25) is 0 Å². The molecule has 0 unspecified atom stereocenters. The first kappa shape index (κ1) is 21.1. The molecule has 29 heavy (non-hydrogen) atoms. The molecular weight excluding hydrogens is 373 g/mol. The number of ether oxygens (including phenoxy) is 2. The molecule has 1 aliphatic rings. The highest BCUT2D eigenvalue weighted by Gasteiger charge is 2.25. The molecule has 1 fully saturated rings. The van der Waals surface area contributed by atoms with Crippen molar-refractivity contribution in [3.63, 3.8) is 0 Å². The van der Waals surface area contributed by atoms with Gasteiger partial charge in [0.25, 0.3) is 0 Å². The Balaban J connectivity index is 1.37. The van der Waals surface area contributed by atoms with Gasteiger partial charge in [0, 0.05) is 38.4 Å². The van der Waals surface area contributed by atoms with Crippen LogP contribution in [-0.4, -0.2) is 68.2 Å². The van der Waals surface area contributed by atoms with Crippen LogP contribution in [0.1, 0.15) is 6.92 Å². The molecule has 1 N–H and O–H groups in total. The summed E-state index contributed by atoms with van der Waals surface area (Å²) >= 11 is 0. The largest absolute Gasteiger partial charge is 0.497 e. The number of rotatable bonds is 8. The van der Waals surface area contributed by atoms with Gasteiger partial charge in [-0.3, -0.25) is 14.6 Å². The molecule has 7 heteroatoms. The summed E-state index contributed by atoms with van der Waals surface area (Å²) in [6, 6.07) is 13.1. The number of piperazine rings is 1. The number of hydrogen-bond acceptors (Lipinski definition) is 5. The molecule has 2 aromatic rings. The third-order valence-electron chi connectivity index (χ3n) is 5.18. The summed E-state index contributed by atoms with van der Waals surface area (Å²) in [6.45, 7) is 6.78. The van der Waals surface area contributed by atoms with Crippen molar-refractivity contribution in [2.45, 2.75) is 13.0 Å². The van der Waals surface area contributed by atoms with Gasteiger partial charge >= 0.3 is 0 Å². The molecular formula is C22H28FN3O3. The van der Waals surface area contributed by atoms with E-state index in [1.807, 2.05) is 31.2 Å². The maximum atomic E-state index is 13.0. The number of nitrogens with zero attached hydrogens (tertiary/aromatic N) is 2. The van der Waals surface area contributed by atoms with Crippen molar-refractivity contribution in [3.8, 4) is 11.5 Å². The van der Waals surface area contributed by atoms with E-state index in [1.54, 1.807) is 19.2 Å². The Hall–Kier alpha value is -2.64. The molecule has 2 aromatic carbocycles. The van der Waals surface area contributed by atoms with Crippen LogP contribution in [0.5, 0.6) is 11.5 Å². The zero-order chi connectivity index (χ0) is 20.6. The molecule has 0 spiro atoms. The fourth-order valence-electron chi connectivity index (χ4n) is 3.28. The van der Waals surface area contributed by atoms with Crippen LogP contribution in [0.4, 0.5) is 10.1 Å². The summed E-state index contributed by atoms with van der Waals surface area (Å²) in [5.41, 5.74) is 0.609. The maximum absolute atomic E-state index is 13.0. The van der Waals surface area contributed by atoms with Gasteiger partial charge in [-0.25, -0.2) is 4.39 Å². The van der Waals surface area contributed by atoms with E-state index in [2.05, 4.69) is 15.1 Å². The number of nitrogens with one attached hydrogen (secondary N) is 1. The van der Waals surface area contributed by atoms with Crippen molar-refractivity contribution in [2.75, 3.05) is 51.8 Å². The van der Waals surface area contributed by atoms with E-state index in [4.69, 9.17) is 9.47 Å². The lowest BCUT2D eigenvalue weighted by Gasteiger charge is -2.37. The van der Waals surface area contributed by atoms with Gasteiger partial charge in [0.05, 0.1) is 13.2 Å². The smallest absolute Gasteiger partial charge is 0.241 e. The quantitative estimate of drug-likeness (QED) is 0.737. The summed E-state index contributed by atoms with van der Waals surface area (Å²) < 4.78 is 23.9. The van der Waals surface area contributed by atoms with E-state index in [0.717, 1.165) is 44.2 Å². The highest BCUT2D eigenvalue weighted by atomic mass is 19.1. The molecule has 156 valence electrons. The van der Waals surface area contributed by atoms with E-state index >= 15 is 0 Å². The number of benzene rings is 2. The summed E-state index contributed by atoms with van der Waals surface area (Å²) in [5, 5.41) is 2.85. The minimum absolute atomic E-state index is 0.0760. The summed E-state index contributed by atoms with van der Waals surface area (Å²) in [6.07, 6.45) is 0. The Morgan fingerprint density at radius 1 is 1.03 bits per heavy atom. The van der Waals surface area contributed by atoms with E-state index in [1.165, 1.54) is 12.1 Å². The average Bonchev–Trinajstić information content (AvgIpc) is 2.76. The highest BCUT2D eigenvalue weighted by molar-refractivity contribution is 5.94. The molecule has 3 rings (SSSR count). The molecule has 1 atom stereocenters. The van der Waals surface area contributed by atoms with Crippen molar-refractivity contribution >= 4 is 11.6 Å². The molecule has 0 aromatic heterocycles. The van der Waals surface area contributed by atoms with Crippen molar-refractivity contribution in [1.29, 1.82) is 0 Å². The third kappa shape index (κ3) is 6.17. The second-order valence-electron chi connectivity index (χ2n) is 7.07. The number of hydrogen-bond donors (Lipinski definition) is 1. The lowest BCUT2D eigenvalue weighted by molar-refractivity contribution is -0.121. The Bertz CT molecular complexity index is 775. The second-order valence-corrected chi connectivity index (χ2v) is 7.07. The van der Waals surface area contributed by atoms with Crippen LogP contribution < -0.4 is 14.8 Å². The Morgan fingerprint density at radius 2 is 1.66 bits per heavy atom. The van der Waals surface area contributed by atoms with Crippen molar-refractivity contribution in [2.24, 2.45) is 0 Å². The molecule has 1 saturated heterocycles. The molecule has 1 amide bonds. The van der Waals surface area contributed by atoms with E-state index in [0.29, 0.717) is 12.3 Å². The van der Waals surface area contributed by atoms with E-state index < -0.39 is 0 Å². The van der Waals surface area contributed by atoms with Gasteiger partial charge < -0.3 is 14.8 Å². The van der Waals surface area contributed by atoms with Gasteiger partial charge in [0.15, 0.2) is 0 Å². The minimum Gasteiger partial charge on any atom is -0.497 e. The predicted molar refractivity (Wildman–Crippen MR) is 111 cm³/mol. The minimum atomic E-state index is -0.317. The Kier molecular flexibility index (Phi) is 7.43. The standard InChI is InChI=1S/C22H28FN3O3/c1-17(22(27)24-19-5-3-18(23)4-6-19)26-13-11-25(12-14-26)15-16-29-21-9-7-20(28-2)8-10-21/h3-10,17H,11-16H2,1-2H3,(H,24,27)/t17-/m1/s1. The predicted octanol–water partition coefficient (Wildman–Crippen LogP) is 2.86. The fraction of sp³-hybridized carbons (Fsp3) is 0.409. The zero-order valence-corrected chi connectivity index (χ0v) is 16.9. The Morgan fingerprint density at radius 3 is 2.28 bits per heavy atom. The monoisotopic (exact) mass is 401 g/mol. The first-order chi connectivity index (χ1) is 14.0. The number of amides is 1. The lowest BCUT2D eigenvalue weighted by Crippen LogP contribution is -2.53. The van der Waals surface area contributed by atoms with Gasteiger partial charge in [-0.1, -0.05) is 0 Å². The van der Waals surface area contributed by atoms with Gasteiger partial charge in [-0.2, -0.15) is 0 Å².